The Hall–Kier alpha value is 0.150. The van der Waals surface area contributed by atoms with Crippen molar-refractivity contribution in [2.24, 2.45) is 5.92 Å². The molecular weight excluding hydrogens is 472 g/mol. The van der Waals surface area contributed by atoms with E-state index in [1.165, 1.54) is 103 Å². The minimum absolute atomic E-state index is 0.0353. The molecule has 2 atom stereocenters. The smallest absolute Gasteiger partial charge is 0.157 e. The van der Waals surface area contributed by atoms with Gasteiger partial charge >= 0.3 is 0 Å². The molecule has 2 rings (SSSR count). The van der Waals surface area contributed by atoms with Crippen LogP contribution in [0, 0.1) is 5.92 Å². The first-order chi connectivity index (χ1) is 17.8. The Morgan fingerprint density at radius 2 is 1.39 bits per heavy atom. The van der Waals surface area contributed by atoms with E-state index in [0.717, 1.165) is 44.1 Å². The second-order valence-corrected chi connectivity index (χ2v) is 12.1. The van der Waals surface area contributed by atoms with E-state index in [1.807, 2.05) is 0 Å². The summed E-state index contributed by atoms with van der Waals surface area (Å²) in [5, 5.41) is 10.1. The standard InChI is InChI=1S/C30H58O5S/c31-29(27-36-25-24-32-22-23-35-30-19-13-15-21-34-30)26-33-20-14-8-6-4-2-1-3-5-7-10-16-28-17-11-9-12-18-28/h28-31H,1-27H2. The molecule has 0 radical (unpaired) electrons. The molecule has 1 aliphatic heterocycles. The van der Waals surface area contributed by atoms with Crippen molar-refractivity contribution in [3.05, 3.63) is 0 Å². The topological polar surface area (TPSA) is 57.2 Å². The third-order valence-corrected chi connectivity index (χ3v) is 8.61. The van der Waals surface area contributed by atoms with Crippen LogP contribution >= 0.6 is 11.8 Å². The summed E-state index contributed by atoms with van der Waals surface area (Å²) >= 11 is 1.72. The Labute approximate surface area is 227 Å². The largest absolute Gasteiger partial charge is 0.390 e. The van der Waals surface area contributed by atoms with Crippen molar-refractivity contribution in [1.82, 2.24) is 0 Å². The Morgan fingerprint density at radius 1 is 0.694 bits per heavy atom. The van der Waals surface area contributed by atoms with Gasteiger partial charge in [0.15, 0.2) is 6.29 Å². The van der Waals surface area contributed by atoms with Gasteiger partial charge in [-0.05, 0) is 31.6 Å². The van der Waals surface area contributed by atoms with Crippen LogP contribution in [-0.4, -0.2) is 68.6 Å². The number of hydrogen-bond acceptors (Lipinski definition) is 6. The third-order valence-electron chi connectivity index (χ3n) is 7.54. The molecule has 2 fully saturated rings. The number of unbranched alkanes of at least 4 members (excludes halogenated alkanes) is 9. The maximum atomic E-state index is 10.1. The number of aliphatic hydroxyl groups is 1. The molecule has 1 aliphatic carbocycles. The highest BCUT2D eigenvalue weighted by atomic mass is 32.2. The number of ether oxygens (including phenoxy) is 4. The summed E-state index contributed by atoms with van der Waals surface area (Å²) in [5.41, 5.74) is 0. The lowest BCUT2D eigenvalue weighted by Crippen LogP contribution is -2.24. The first-order valence-corrected chi connectivity index (χ1v) is 16.6. The van der Waals surface area contributed by atoms with E-state index in [0.29, 0.717) is 32.2 Å². The normalized spacial score (nSPS) is 20.1. The maximum absolute atomic E-state index is 10.1. The zero-order valence-corrected chi connectivity index (χ0v) is 24.1. The van der Waals surface area contributed by atoms with Gasteiger partial charge < -0.3 is 24.1 Å². The molecule has 2 aliphatic rings. The van der Waals surface area contributed by atoms with Gasteiger partial charge in [0.1, 0.15) is 0 Å². The molecule has 0 aromatic carbocycles. The lowest BCUT2D eigenvalue weighted by molar-refractivity contribution is -0.168. The van der Waals surface area contributed by atoms with E-state index in [1.54, 1.807) is 11.8 Å². The molecule has 1 saturated carbocycles. The summed E-state index contributed by atoms with van der Waals surface area (Å²) in [6.07, 6.45) is 25.5. The molecule has 5 nitrogen and oxygen atoms in total. The molecule has 214 valence electrons. The lowest BCUT2D eigenvalue weighted by Gasteiger charge is -2.22. The van der Waals surface area contributed by atoms with Crippen LogP contribution in [0.2, 0.25) is 0 Å². The predicted molar refractivity (Wildman–Crippen MR) is 152 cm³/mol. The molecule has 0 aromatic rings. The molecule has 0 spiro atoms. The van der Waals surface area contributed by atoms with Crippen molar-refractivity contribution in [2.45, 2.75) is 134 Å². The molecule has 0 bridgehead atoms. The van der Waals surface area contributed by atoms with Gasteiger partial charge in [0.2, 0.25) is 0 Å². The van der Waals surface area contributed by atoms with E-state index in [9.17, 15) is 5.11 Å². The first kappa shape index (κ1) is 32.4. The fourth-order valence-corrected chi connectivity index (χ4v) is 6.09. The quantitative estimate of drug-likeness (QED) is 0.130. The van der Waals surface area contributed by atoms with Gasteiger partial charge in [-0.3, -0.25) is 0 Å². The fraction of sp³-hybridized carbons (Fsp3) is 1.00. The van der Waals surface area contributed by atoms with Gasteiger partial charge in [-0.25, -0.2) is 0 Å². The number of rotatable bonds is 24. The number of hydrogen-bond donors (Lipinski definition) is 1. The van der Waals surface area contributed by atoms with Crippen LogP contribution in [0.15, 0.2) is 0 Å². The highest BCUT2D eigenvalue weighted by Crippen LogP contribution is 2.28. The highest BCUT2D eigenvalue weighted by molar-refractivity contribution is 7.99. The third kappa shape index (κ3) is 19.3. The summed E-state index contributed by atoms with van der Waals surface area (Å²) in [6, 6.07) is 0. The molecule has 1 N–H and O–H groups in total. The fourth-order valence-electron chi connectivity index (χ4n) is 5.32. The summed E-state index contributed by atoms with van der Waals surface area (Å²) in [7, 11) is 0. The Balaban J connectivity index is 1.20. The monoisotopic (exact) mass is 530 g/mol. The average Bonchev–Trinajstić information content (AvgIpc) is 2.91. The van der Waals surface area contributed by atoms with E-state index in [4.69, 9.17) is 18.9 Å². The van der Waals surface area contributed by atoms with E-state index >= 15 is 0 Å². The Bertz CT molecular complexity index is 455. The SMILES string of the molecule is OC(COCCCCCCCCCCCCC1CCCCC1)CSCCOCCOC1CCCCO1. The van der Waals surface area contributed by atoms with Gasteiger partial charge in [-0.1, -0.05) is 96.3 Å². The van der Waals surface area contributed by atoms with Crippen LogP contribution in [0.1, 0.15) is 122 Å². The summed E-state index contributed by atoms with van der Waals surface area (Å²) in [4.78, 5) is 0. The van der Waals surface area contributed by atoms with Crippen LogP contribution in [0.5, 0.6) is 0 Å². The molecule has 0 amide bonds. The molecule has 6 heteroatoms. The minimum atomic E-state index is -0.385. The van der Waals surface area contributed by atoms with Crippen LogP contribution in [0.3, 0.4) is 0 Å². The zero-order chi connectivity index (χ0) is 25.4. The summed E-state index contributed by atoms with van der Waals surface area (Å²) in [5.74, 6) is 2.65. The van der Waals surface area contributed by atoms with Gasteiger partial charge in [0.05, 0.1) is 32.5 Å². The molecule has 1 heterocycles. The van der Waals surface area contributed by atoms with Gasteiger partial charge in [-0.2, -0.15) is 11.8 Å². The molecule has 2 unspecified atom stereocenters. The van der Waals surface area contributed by atoms with Crippen molar-refractivity contribution in [1.29, 1.82) is 0 Å². The van der Waals surface area contributed by atoms with Crippen molar-refractivity contribution in [3.63, 3.8) is 0 Å². The second-order valence-electron chi connectivity index (χ2n) is 10.9. The molecule has 0 aromatic heterocycles. The second kappa shape index (κ2) is 24.2. The van der Waals surface area contributed by atoms with Crippen LogP contribution < -0.4 is 0 Å². The molecular formula is C30H58O5S. The van der Waals surface area contributed by atoms with Gasteiger partial charge in [0.25, 0.3) is 0 Å². The summed E-state index contributed by atoms with van der Waals surface area (Å²) < 4.78 is 22.4. The average molecular weight is 531 g/mol. The predicted octanol–water partition coefficient (Wildman–Crippen LogP) is 7.53. The van der Waals surface area contributed by atoms with Crippen LogP contribution in [0.4, 0.5) is 0 Å². The lowest BCUT2D eigenvalue weighted by atomic mass is 9.85. The van der Waals surface area contributed by atoms with Crippen molar-refractivity contribution >= 4 is 11.8 Å². The van der Waals surface area contributed by atoms with Crippen LogP contribution in [0.25, 0.3) is 0 Å². The highest BCUT2D eigenvalue weighted by Gasteiger charge is 2.14. The molecule has 36 heavy (non-hydrogen) atoms. The number of thioether (sulfide) groups is 1. The minimum Gasteiger partial charge on any atom is -0.390 e. The maximum Gasteiger partial charge on any atom is 0.157 e. The van der Waals surface area contributed by atoms with E-state index < -0.39 is 0 Å². The summed E-state index contributed by atoms with van der Waals surface area (Å²) in [6.45, 7) is 3.92. The number of aliphatic hydroxyl groups excluding tert-OH is 1. The Morgan fingerprint density at radius 3 is 2.11 bits per heavy atom. The van der Waals surface area contributed by atoms with E-state index in [2.05, 4.69) is 0 Å². The first-order valence-electron chi connectivity index (χ1n) is 15.5. The van der Waals surface area contributed by atoms with E-state index in [-0.39, 0.29) is 12.4 Å². The molecule has 1 saturated heterocycles. The van der Waals surface area contributed by atoms with Crippen LogP contribution in [-0.2, 0) is 18.9 Å². The van der Waals surface area contributed by atoms with Crippen molar-refractivity contribution in [3.8, 4) is 0 Å². The zero-order valence-electron chi connectivity index (χ0n) is 23.3. The van der Waals surface area contributed by atoms with Gasteiger partial charge in [-0.15, -0.1) is 0 Å². The Kier molecular flexibility index (Phi) is 21.8. The van der Waals surface area contributed by atoms with Gasteiger partial charge in [0, 0.05) is 24.7 Å². The van der Waals surface area contributed by atoms with Crippen molar-refractivity contribution in [2.75, 3.05) is 51.1 Å². The van der Waals surface area contributed by atoms with Crippen molar-refractivity contribution < 1.29 is 24.1 Å².